The van der Waals surface area contributed by atoms with Crippen molar-refractivity contribution in [3.63, 3.8) is 0 Å². The van der Waals surface area contributed by atoms with E-state index in [1.807, 2.05) is 6.07 Å². The second-order valence-electron chi connectivity index (χ2n) is 6.27. The smallest absolute Gasteiger partial charge is 0.369 e. The van der Waals surface area contributed by atoms with Crippen LogP contribution in [0.25, 0.3) is 10.9 Å². The lowest BCUT2D eigenvalue weighted by Gasteiger charge is -2.14. The van der Waals surface area contributed by atoms with Crippen molar-refractivity contribution in [3.05, 3.63) is 46.0 Å². The Bertz CT molecular complexity index is 855. The molecule has 2 aromatic heterocycles. The number of fused-ring (bicyclic) bond motifs is 1. The van der Waals surface area contributed by atoms with E-state index >= 15 is 0 Å². The fraction of sp³-hybridized carbons (Fsp3) is 0.389. The molecule has 3 aromatic rings. The molecule has 0 spiro atoms. The molecule has 0 amide bonds. The number of H-pyrrole nitrogens is 1. The summed E-state index contributed by atoms with van der Waals surface area (Å²) in [6, 6.07) is 10.5. The van der Waals surface area contributed by atoms with Crippen LogP contribution in [0.5, 0.6) is 0 Å². The molecule has 0 bridgehead atoms. The molecular formula is C18H20N4O2S. The number of ether oxygens (including phenoxy) is 1. The van der Waals surface area contributed by atoms with Gasteiger partial charge in [0.05, 0.1) is 6.61 Å². The zero-order valence-electron chi connectivity index (χ0n) is 14.1. The van der Waals surface area contributed by atoms with Crippen LogP contribution in [-0.4, -0.2) is 45.7 Å². The average molecular weight is 356 g/mol. The molecule has 4 rings (SSSR count). The molecule has 1 aliphatic rings. The maximum atomic E-state index is 11.7. The van der Waals surface area contributed by atoms with E-state index in [-0.39, 0.29) is 5.97 Å². The molecule has 1 unspecified atom stereocenters. The second kappa shape index (κ2) is 6.93. The molecule has 130 valence electrons. The number of para-hydroxylation sites is 1. The number of rotatable bonds is 5. The number of aromatic nitrogens is 3. The summed E-state index contributed by atoms with van der Waals surface area (Å²) in [6.07, 6.45) is 1.04. The summed E-state index contributed by atoms with van der Waals surface area (Å²) in [4.78, 5) is 17.6. The molecule has 1 fully saturated rings. The summed E-state index contributed by atoms with van der Waals surface area (Å²) < 4.78 is 4.99. The topological polar surface area (TPSA) is 71.1 Å². The first-order valence-electron chi connectivity index (χ1n) is 8.52. The first-order chi connectivity index (χ1) is 12.2. The Morgan fingerprint density at radius 1 is 1.40 bits per heavy atom. The predicted octanol–water partition coefficient (Wildman–Crippen LogP) is 3.19. The fourth-order valence-electron chi connectivity index (χ4n) is 3.31. The van der Waals surface area contributed by atoms with E-state index in [2.05, 4.69) is 44.3 Å². The molecule has 6 nitrogen and oxygen atoms in total. The molecular weight excluding hydrogens is 336 g/mol. The molecule has 25 heavy (non-hydrogen) atoms. The number of nitrogens with zero attached hydrogens (tertiary/aromatic N) is 3. The van der Waals surface area contributed by atoms with Crippen LogP contribution in [0, 0.1) is 0 Å². The van der Waals surface area contributed by atoms with Crippen LogP contribution in [0.4, 0.5) is 0 Å². The second-order valence-corrected chi connectivity index (χ2v) is 7.28. The number of aromatic amines is 1. The zero-order valence-corrected chi connectivity index (χ0v) is 14.9. The highest BCUT2D eigenvalue weighted by atomic mass is 32.1. The monoisotopic (exact) mass is 356 g/mol. The van der Waals surface area contributed by atoms with Crippen LogP contribution in [-0.2, 0) is 11.3 Å². The van der Waals surface area contributed by atoms with Gasteiger partial charge in [0, 0.05) is 30.2 Å². The van der Waals surface area contributed by atoms with Gasteiger partial charge in [-0.25, -0.2) is 4.79 Å². The Morgan fingerprint density at radius 3 is 3.12 bits per heavy atom. The van der Waals surface area contributed by atoms with Crippen molar-refractivity contribution < 1.29 is 9.53 Å². The summed E-state index contributed by atoms with van der Waals surface area (Å²) in [6.45, 7) is 5.00. The van der Waals surface area contributed by atoms with Gasteiger partial charge in [-0.15, -0.1) is 10.2 Å². The lowest BCUT2D eigenvalue weighted by atomic mass is 10.1. The average Bonchev–Trinajstić information content (AvgIpc) is 3.33. The molecule has 0 saturated carbocycles. The Balaban J connectivity index is 1.40. The SMILES string of the molecule is CCOC(=O)c1nnc(C2CCN(Cc3cc4ccccc4[nH]3)C2)s1. The van der Waals surface area contributed by atoms with Gasteiger partial charge in [-0.2, -0.15) is 0 Å². The number of likely N-dealkylation sites (tertiary alicyclic amines) is 1. The Kier molecular flexibility index (Phi) is 4.50. The number of hydrogen-bond donors (Lipinski definition) is 1. The summed E-state index contributed by atoms with van der Waals surface area (Å²) in [5, 5.41) is 10.7. The minimum absolute atomic E-state index is 0.338. The van der Waals surface area contributed by atoms with Gasteiger partial charge in [0.1, 0.15) is 5.01 Å². The van der Waals surface area contributed by atoms with Crippen LogP contribution in [0.3, 0.4) is 0 Å². The number of carbonyl (C=O) groups is 1. The van der Waals surface area contributed by atoms with Gasteiger partial charge in [-0.05, 0) is 37.4 Å². The molecule has 1 aliphatic heterocycles. The van der Waals surface area contributed by atoms with Crippen LogP contribution >= 0.6 is 11.3 Å². The summed E-state index contributed by atoms with van der Waals surface area (Å²) in [7, 11) is 0. The van der Waals surface area contributed by atoms with Gasteiger partial charge in [-0.3, -0.25) is 4.90 Å². The highest BCUT2D eigenvalue weighted by Gasteiger charge is 2.28. The van der Waals surface area contributed by atoms with Crippen LogP contribution in [0.2, 0.25) is 0 Å². The van der Waals surface area contributed by atoms with Crippen molar-refractivity contribution in [2.24, 2.45) is 0 Å². The first-order valence-corrected chi connectivity index (χ1v) is 9.34. The van der Waals surface area contributed by atoms with E-state index in [9.17, 15) is 4.79 Å². The highest BCUT2D eigenvalue weighted by molar-refractivity contribution is 7.13. The first kappa shape index (κ1) is 16.2. The van der Waals surface area contributed by atoms with Crippen LogP contribution in [0.1, 0.15) is 39.8 Å². The summed E-state index contributed by atoms with van der Waals surface area (Å²) in [5.74, 6) is -0.0377. The Labute approximate surface area is 149 Å². The molecule has 7 heteroatoms. The van der Waals surface area contributed by atoms with E-state index in [4.69, 9.17) is 4.74 Å². The van der Waals surface area contributed by atoms with Gasteiger partial charge in [0.2, 0.25) is 5.01 Å². The van der Waals surface area contributed by atoms with Gasteiger partial charge >= 0.3 is 5.97 Å². The number of nitrogens with one attached hydrogen (secondary N) is 1. The Hall–Kier alpha value is -2.25. The molecule has 3 heterocycles. The van der Waals surface area contributed by atoms with E-state index in [1.165, 1.54) is 27.9 Å². The lowest BCUT2D eigenvalue weighted by molar-refractivity contribution is 0.0525. The molecule has 0 radical (unpaired) electrons. The Morgan fingerprint density at radius 2 is 2.28 bits per heavy atom. The largest absolute Gasteiger partial charge is 0.461 e. The van der Waals surface area contributed by atoms with Crippen molar-refractivity contribution in [2.45, 2.75) is 25.8 Å². The van der Waals surface area contributed by atoms with Gasteiger partial charge in [0.15, 0.2) is 0 Å². The third kappa shape index (κ3) is 3.43. The van der Waals surface area contributed by atoms with Crippen molar-refractivity contribution in [2.75, 3.05) is 19.7 Å². The molecule has 1 saturated heterocycles. The zero-order chi connectivity index (χ0) is 17.2. The van der Waals surface area contributed by atoms with E-state index in [0.29, 0.717) is 17.5 Å². The molecule has 0 aliphatic carbocycles. The van der Waals surface area contributed by atoms with E-state index in [1.54, 1.807) is 6.92 Å². The van der Waals surface area contributed by atoms with Gasteiger partial charge in [-0.1, -0.05) is 29.5 Å². The predicted molar refractivity (Wildman–Crippen MR) is 96.8 cm³/mol. The van der Waals surface area contributed by atoms with Gasteiger partial charge in [0.25, 0.3) is 0 Å². The highest BCUT2D eigenvalue weighted by Crippen LogP contribution is 2.30. The normalized spacial score (nSPS) is 18.0. The van der Waals surface area contributed by atoms with Crippen molar-refractivity contribution >= 4 is 28.2 Å². The maximum absolute atomic E-state index is 11.7. The lowest BCUT2D eigenvalue weighted by Crippen LogP contribution is -2.19. The molecule has 1 aromatic carbocycles. The number of benzene rings is 1. The molecule has 1 atom stereocenters. The quantitative estimate of drug-likeness (QED) is 0.711. The van der Waals surface area contributed by atoms with Crippen molar-refractivity contribution in [3.8, 4) is 0 Å². The minimum Gasteiger partial charge on any atom is -0.461 e. The van der Waals surface area contributed by atoms with Crippen molar-refractivity contribution in [1.82, 2.24) is 20.1 Å². The van der Waals surface area contributed by atoms with E-state index in [0.717, 1.165) is 31.1 Å². The summed E-state index contributed by atoms with van der Waals surface area (Å²) in [5.41, 5.74) is 2.41. The summed E-state index contributed by atoms with van der Waals surface area (Å²) >= 11 is 1.36. The number of esters is 1. The van der Waals surface area contributed by atoms with Crippen LogP contribution in [0.15, 0.2) is 30.3 Å². The van der Waals surface area contributed by atoms with Gasteiger partial charge < -0.3 is 9.72 Å². The van der Waals surface area contributed by atoms with E-state index < -0.39 is 0 Å². The van der Waals surface area contributed by atoms with Crippen LogP contribution < -0.4 is 0 Å². The maximum Gasteiger partial charge on any atom is 0.369 e. The standard InChI is InChI=1S/C18H20N4O2S/c1-2-24-18(23)17-21-20-16(25-17)13-7-8-22(10-13)11-14-9-12-5-3-4-6-15(12)19-14/h3-6,9,13,19H,2,7-8,10-11H2,1H3. The number of carbonyl (C=O) groups excluding carboxylic acids is 1. The van der Waals surface area contributed by atoms with Crippen molar-refractivity contribution in [1.29, 1.82) is 0 Å². The third-order valence-corrected chi connectivity index (χ3v) is 5.56. The molecule has 1 N–H and O–H groups in total. The minimum atomic E-state index is -0.376. The third-order valence-electron chi connectivity index (χ3n) is 4.49. The fourth-order valence-corrected chi connectivity index (χ4v) is 4.17. The number of hydrogen-bond acceptors (Lipinski definition) is 6.